The highest BCUT2D eigenvalue weighted by molar-refractivity contribution is 7.84. The lowest BCUT2D eigenvalue weighted by atomic mass is 9.76. The first-order valence-electron chi connectivity index (χ1n) is 9.62. The predicted octanol–water partition coefficient (Wildman–Crippen LogP) is 4.93. The number of carbonyl (C=O) groups excluding carboxylic acids is 1. The van der Waals surface area contributed by atoms with Crippen molar-refractivity contribution in [3.05, 3.63) is 59.2 Å². The highest BCUT2D eigenvalue weighted by Gasteiger charge is 2.71. The number of halogens is 7. The van der Waals surface area contributed by atoms with E-state index >= 15 is 0 Å². The lowest BCUT2D eigenvalue weighted by Gasteiger charge is -2.37. The second-order valence-electron chi connectivity index (χ2n) is 7.54. The van der Waals surface area contributed by atoms with E-state index in [9.17, 15) is 39.7 Å². The van der Waals surface area contributed by atoms with Crippen LogP contribution in [0.5, 0.6) is 0 Å². The van der Waals surface area contributed by atoms with Crippen molar-refractivity contribution in [2.75, 3.05) is 18.2 Å². The summed E-state index contributed by atoms with van der Waals surface area (Å²) in [4.78, 5) is 13.2. The van der Waals surface area contributed by atoms with Crippen molar-refractivity contribution in [3.8, 4) is 0 Å². The zero-order chi connectivity index (χ0) is 24.6. The van der Waals surface area contributed by atoms with Gasteiger partial charge < -0.3 is 5.32 Å². The second-order valence-corrected chi connectivity index (χ2v) is 8.91. The summed E-state index contributed by atoms with van der Waals surface area (Å²) in [6.07, 6.45) is -11.8. The number of fused-ring (bicyclic) bond motifs is 1. The Morgan fingerprint density at radius 1 is 1.06 bits per heavy atom. The summed E-state index contributed by atoms with van der Waals surface area (Å²) in [5.41, 5.74) is -4.18. The Kier molecular flexibility index (Phi) is 6.90. The molecule has 0 radical (unpaired) electrons. The summed E-state index contributed by atoms with van der Waals surface area (Å²) in [7, 11) is -1.21. The molecule has 0 aromatic heterocycles. The SMILES string of the molecule is CS(=O)c1ccc2c(c1)CNC2C(=O)Nc1ccc(C(CCF)(C(F)(F)F)C(F)(F)F)cc1. The van der Waals surface area contributed by atoms with Crippen LogP contribution in [0, 0.1) is 0 Å². The minimum atomic E-state index is -5.78. The number of hydrogen-bond donors (Lipinski definition) is 2. The normalized spacial score (nSPS) is 17.5. The van der Waals surface area contributed by atoms with Crippen molar-refractivity contribution >= 4 is 22.4 Å². The number of nitrogens with one attached hydrogen (secondary N) is 2. The van der Waals surface area contributed by atoms with Crippen LogP contribution in [0.4, 0.5) is 36.4 Å². The Labute approximate surface area is 187 Å². The van der Waals surface area contributed by atoms with Gasteiger partial charge in [-0.25, -0.2) is 0 Å². The Balaban J connectivity index is 1.84. The molecule has 3 rings (SSSR count). The molecular weight excluding hydrogens is 477 g/mol. The molecule has 1 amide bonds. The van der Waals surface area contributed by atoms with Crippen LogP contribution in [0.25, 0.3) is 0 Å². The van der Waals surface area contributed by atoms with Gasteiger partial charge >= 0.3 is 12.4 Å². The fourth-order valence-electron chi connectivity index (χ4n) is 3.86. The van der Waals surface area contributed by atoms with Gasteiger partial charge in [0.2, 0.25) is 5.91 Å². The molecule has 12 heteroatoms. The summed E-state index contributed by atoms with van der Waals surface area (Å²) in [5.74, 6) is -0.575. The van der Waals surface area contributed by atoms with Crippen LogP contribution in [0.15, 0.2) is 47.4 Å². The van der Waals surface area contributed by atoms with Crippen molar-refractivity contribution in [2.45, 2.75) is 41.7 Å². The molecule has 2 N–H and O–H groups in total. The standard InChI is InChI=1S/C21H19F7N2O2S/c1-33(32)15-6-7-16-12(10-15)11-29-17(16)18(31)30-14-4-2-13(3-5-14)19(8-9-22,20(23,24)25)21(26,27)28/h2-7,10,17,29H,8-9,11H2,1H3,(H,30,31). The lowest BCUT2D eigenvalue weighted by molar-refractivity contribution is -0.306. The van der Waals surface area contributed by atoms with E-state index in [-0.39, 0.29) is 5.69 Å². The van der Waals surface area contributed by atoms with Gasteiger partial charge in [0, 0.05) is 40.6 Å². The van der Waals surface area contributed by atoms with E-state index in [0.29, 0.717) is 29.1 Å². The molecule has 1 heterocycles. The molecule has 4 nitrogen and oxygen atoms in total. The van der Waals surface area contributed by atoms with Gasteiger partial charge in [-0.15, -0.1) is 0 Å². The van der Waals surface area contributed by atoms with Crippen LogP contribution in [-0.4, -0.2) is 35.4 Å². The Morgan fingerprint density at radius 3 is 2.18 bits per heavy atom. The smallest absolute Gasteiger partial charge is 0.324 e. The summed E-state index contributed by atoms with van der Waals surface area (Å²) < 4.78 is 105. The highest BCUT2D eigenvalue weighted by Crippen LogP contribution is 2.54. The highest BCUT2D eigenvalue weighted by atomic mass is 32.2. The maximum Gasteiger partial charge on any atom is 0.407 e. The zero-order valence-corrected chi connectivity index (χ0v) is 17.9. The molecule has 0 fully saturated rings. The average molecular weight is 496 g/mol. The number of rotatable bonds is 6. The average Bonchev–Trinajstić information content (AvgIpc) is 3.14. The van der Waals surface area contributed by atoms with Gasteiger partial charge in [0.15, 0.2) is 5.41 Å². The molecule has 33 heavy (non-hydrogen) atoms. The molecule has 0 saturated heterocycles. The van der Waals surface area contributed by atoms with Crippen LogP contribution in [-0.2, 0) is 27.6 Å². The van der Waals surface area contributed by atoms with Crippen molar-refractivity contribution in [1.82, 2.24) is 5.32 Å². The van der Waals surface area contributed by atoms with Crippen molar-refractivity contribution in [3.63, 3.8) is 0 Å². The molecule has 1 aliphatic rings. The lowest BCUT2D eigenvalue weighted by Crippen LogP contribution is -2.54. The van der Waals surface area contributed by atoms with Gasteiger partial charge in [0.05, 0.1) is 6.67 Å². The summed E-state index contributed by atoms with van der Waals surface area (Å²) in [5, 5.41) is 5.40. The Morgan fingerprint density at radius 2 is 1.67 bits per heavy atom. The molecule has 2 atom stereocenters. The van der Waals surface area contributed by atoms with E-state index in [2.05, 4.69) is 10.6 Å². The largest absolute Gasteiger partial charge is 0.407 e. The third kappa shape index (κ3) is 4.63. The third-order valence-electron chi connectivity index (χ3n) is 5.60. The van der Waals surface area contributed by atoms with Crippen molar-refractivity contribution in [1.29, 1.82) is 0 Å². The van der Waals surface area contributed by atoms with Gasteiger partial charge in [0.1, 0.15) is 6.04 Å². The summed E-state index contributed by atoms with van der Waals surface area (Å²) in [6.45, 7) is -1.50. The molecule has 0 saturated carbocycles. The fraction of sp³-hybridized carbons (Fsp3) is 0.381. The number of anilines is 1. The van der Waals surface area contributed by atoms with Crippen molar-refractivity contribution < 1.29 is 39.7 Å². The second kappa shape index (κ2) is 9.05. The topological polar surface area (TPSA) is 58.2 Å². The van der Waals surface area contributed by atoms with E-state index in [1.807, 2.05) is 0 Å². The number of amides is 1. The maximum atomic E-state index is 13.5. The van der Waals surface area contributed by atoms with Gasteiger partial charge in [-0.05, 0) is 41.0 Å². The molecule has 2 aromatic rings. The van der Waals surface area contributed by atoms with E-state index < -0.39 is 59.2 Å². The van der Waals surface area contributed by atoms with Crippen LogP contribution in [0.1, 0.15) is 29.2 Å². The zero-order valence-electron chi connectivity index (χ0n) is 17.1. The summed E-state index contributed by atoms with van der Waals surface area (Å²) >= 11 is 0. The third-order valence-corrected chi connectivity index (χ3v) is 6.52. The predicted molar refractivity (Wildman–Crippen MR) is 108 cm³/mol. The van der Waals surface area contributed by atoms with Crippen LogP contribution in [0.3, 0.4) is 0 Å². The molecular formula is C21H19F7N2O2S. The maximum absolute atomic E-state index is 13.5. The molecule has 2 aromatic carbocycles. The number of benzene rings is 2. The van der Waals surface area contributed by atoms with Gasteiger partial charge in [-0.1, -0.05) is 18.2 Å². The van der Waals surface area contributed by atoms with Crippen LogP contribution >= 0.6 is 0 Å². The molecule has 0 aliphatic carbocycles. The minimum Gasteiger partial charge on any atom is -0.324 e. The molecule has 180 valence electrons. The van der Waals surface area contributed by atoms with E-state index in [0.717, 1.165) is 17.7 Å². The quantitative estimate of drug-likeness (QED) is 0.558. The van der Waals surface area contributed by atoms with Gasteiger partial charge in [-0.3, -0.25) is 18.7 Å². The van der Waals surface area contributed by atoms with Crippen LogP contribution in [0.2, 0.25) is 0 Å². The first-order valence-corrected chi connectivity index (χ1v) is 11.2. The Hall–Kier alpha value is -2.47. The molecule has 0 bridgehead atoms. The monoisotopic (exact) mass is 496 g/mol. The first kappa shape index (κ1) is 25.2. The minimum absolute atomic E-state index is 0.0243. The van der Waals surface area contributed by atoms with E-state index in [1.54, 1.807) is 18.2 Å². The molecule has 1 aliphatic heterocycles. The number of carbonyl (C=O) groups is 1. The summed E-state index contributed by atoms with van der Waals surface area (Å²) in [6, 6.07) is 7.13. The van der Waals surface area contributed by atoms with Gasteiger partial charge in [0.25, 0.3) is 0 Å². The molecule has 2 unspecified atom stereocenters. The Bertz CT molecular complexity index is 1040. The van der Waals surface area contributed by atoms with Gasteiger partial charge in [-0.2, -0.15) is 26.3 Å². The first-order chi connectivity index (χ1) is 15.3. The van der Waals surface area contributed by atoms with Crippen LogP contribution < -0.4 is 10.6 Å². The molecule has 0 spiro atoms. The number of hydrogen-bond acceptors (Lipinski definition) is 3. The number of alkyl halides is 7. The van der Waals surface area contributed by atoms with Crippen molar-refractivity contribution in [2.24, 2.45) is 0 Å². The van der Waals surface area contributed by atoms with E-state index in [1.165, 1.54) is 6.26 Å². The fourth-order valence-corrected chi connectivity index (χ4v) is 4.43. The van der Waals surface area contributed by atoms with E-state index in [4.69, 9.17) is 0 Å².